The van der Waals surface area contributed by atoms with Crippen LogP contribution >= 0.6 is 22.9 Å². The number of halogens is 1. The first-order chi connectivity index (χ1) is 16.3. The maximum Gasteiger partial charge on any atom is 0.409 e. The van der Waals surface area contributed by atoms with Crippen LogP contribution in [0.4, 0.5) is 10.8 Å². The van der Waals surface area contributed by atoms with Crippen molar-refractivity contribution >= 4 is 51.0 Å². The lowest BCUT2D eigenvalue weighted by molar-refractivity contribution is 0.0933. The van der Waals surface area contributed by atoms with E-state index in [0.717, 1.165) is 0 Å². The van der Waals surface area contributed by atoms with Crippen LogP contribution in [0.25, 0.3) is 10.8 Å². The summed E-state index contributed by atoms with van der Waals surface area (Å²) in [5.74, 6) is -0.317. The Morgan fingerprint density at radius 3 is 2.44 bits per heavy atom. The molecular formula is C20H20ClN5O6S2. The van der Waals surface area contributed by atoms with Crippen molar-refractivity contribution in [1.29, 1.82) is 0 Å². The third kappa shape index (κ3) is 5.22. The van der Waals surface area contributed by atoms with Crippen LogP contribution in [0.3, 0.4) is 0 Å². The van der Waals surface area contributed by atoms with Crippen molar-refractivity contribution in [3.63, 3.8) is 0 Å². The van der Waals surface area contributed by atoms with E-state index in [-0.39, 0.29) is 55.2 Å². The maximum absolute atomic E-state index is 12.9. The number of benzene rings is 1. The molecule has 1 aliphatic rings. The molecule has 0 unspecified atom stereocenters. The topological polar surface area (TPSA) is 135 Å². The molecule has 3 heterocycles. The second-order valence-electron chi connectivity index (χ2n) is 7.08. The largest absolute Gasteiger partial charge is 0.450 e. The van der Waals surface area contributed by atoms with Gasteiger partial charge in [-0.15, -0.1) is 16.4 Å². The highest BCUT2D eigenvalue weighted by Crippen LogP contribution is 2.30. The predicted molar refractivity (Wildman–Crippen MR) is 124 cm³/mol. The zero-order valence-corrected chi connectivity index (χ0v) is 20.3. The van der Waals surface area contributed by atoms with Gasteiger partial charge in [-0.1, -0.05) is 16.7 Å². The molecular weight excluding hydrogens is 506 g/mol. The van der Waals surface area contributed by atoms with Gasteiger partial charge in [0.1, 0.15) is 0 Å². The molecule has 0 spiro atoms. The smallest absolute Gasteiger partial charge is 0.409 e. The van der Waals surface area contributed by atoms with Crippen molar-refractivity contribution < 1.29 is 27.2 Å². The van der Waals surface area contributed by atoms with Crippen molar-refractivity contribution in [2.24, 2.45) is 0 Å². The van der Waals surface area contributed by atoms with Gasteiger partial charge in [0.25, 0.3) is 11.8 Å². The number of carbonyl (C=O) groups excluding carboxylic acids is 2. The molecule has 1 saturated heterocycles. The number of carbonyl (C=O) groups is 2. The summed E-state index contributed by atoms with van der Waals surface area (Å²) in [5.41, 5.74) is 0.213. The van der Waals surface area contributed by atoms with Crippen LogP contribution in [0.5, 0.6) is 0 Å². The third-order valence-corrected chi connectivity index (χ3v) is 8.08. The minimum Gasteiger partial charge on any atom is -0.450 e. The standard InChI is InChI=1S/C20H20ClN5O6S2/c1-2-31-20(28)25-9-11-26(12-10-25)34(29,30)14-5-3-13(4-6-14)17(27)22-19-24-23-18(32-19)15-7-8-16(21)33-15/h3-8H,2,9-12H2,1H3,(H,22,24,27). The van der Waals surface area contributed by atoms with Crippen molar-refractivity contribution in [2.45, 2.75) is 11.8 Å². The molecule has 2 amide bonds. The quantitative estimate of drug-likeness (QED) is 0.518. The van der Waals surface area contributed by atoms with Crippen LogP contribution in [0.1, 0.15) is 17.3 Å². The lowest BCUT2D eigenvalue weighted by atomic mass is 10.2. The monoisotopic (exact) mass is 525 g/mol. The van der Waals surface area contributed by atoms with E-state index in [1.165, 1.54) is 44.8 Å². The Morgan fingerprint density at radius 2 is 1.82 bits per heavy atom. The molecule has 1 aliphatic heterocycles. The van der Waals surface area contributed by atoms with Gasteiger partial charge in [-0.05, 0) is 43.3 Å². The molecule has 0 aliphatic carbocycles. The molecule has 0 saturated carbocycles. The molecule has 1 fully saturated rings. The number of hydrogen-bond acceptors (Lipinski definition) is 9. The van der Waals surface area contributed by atoms with E-state index < -0.39 is 22.0 Å². The summed E-state index contributed by atoms with van der Waals surface area (Å²) in [6.07, 6.45) is -0.456. The zero-order chi connectivity index (χ0) is 24.3. The zero-order valence-electron chi connectivity index (χ0n) is 17.9. The van der Waals surface area contributed by atoms with Crippen LogP contribution in [0.15, 0.2) is 45.7 Å². The van der Waals surface area contributed by atoms with Crippen molar-refractivity contribution in [2.75, 3.05) is 38.1 Å². The van der Waals surface area contributed by atoms with Gasteiger partial charge in [0.05, 0.1) is 20.7 Å². The predicted octanol–water partition coefficient (Wildman–Crippen LogP) is 3.17. The minimum absolute atomic E-state index is 0.0447. The number of nitrogens with one attached hydrogen (secondary N) is 1. The van der Waals surface area contributed by atoms with E-state index in [9.17, 15) is 18.0 Å². The van der Waals surface area contributed by atoms with Crippen molar-refractivity contribution in [3.8, 4) is 10.8 Å². The summed E-state index contributed by atoms with van der Waals surface area (Å²) in [5, 5.41) is 10.2. The first kappa shape index (κ1) is 24.1. The summed E-state index contributed by atoms with van der Waals surface area (Å²) in [6, 6.07) is 8.83. The summed E-state index contributed by atoms with van der Waals surface area (Å²) in [6.45, 7) is 2.75. The molecule has 34 heavy (non-hydrogen) atoms. The van der Waals surface area contributed by atoms with Crippen molar-refractivity contribution in [3.05, 3.63) is 46.3 Å². The van der Waals surface area contributed by atoms with Gasteiger partial charge < -0.3 is 14.1 Å². The highest BCUT2D eigenvalue weighted by Gasteiger charge is 2.30. The Kier molecular flexibility index (Phi) is 7.16. The summed E-state index contributed by atoms with van der Waals surface area (Å²) in [7, 11) is -3.78. The summed E-state index contributed by atoms with van der Waals surface area (Å²) in [4.78, 5) is 26.5. The van der Waals surface area contributed by atoms with Crippen LogP contribution < -0.4 is 5.32 Å². The van der Waals surface area contributed by atoms with Gasteiger partial charge >= 0.3 is 12.1 Å². The Balaban J connectivity index is 1.38. The number of rotatable bonds is 6. The average molecular weight is 526 g/mol. The number of sulfonamides is 1. The lowest BCUT2D eigenvalue weighted by Crippen LogP contribution is -2.50. The van der Waals surface area contributed by atoms with E-state index in [1.807, 2.05) is 0 Å². The first-order valence-electron chi connectivity index (χ1n) is 10.2. The second-order valence-corrected chi connectivity index (χ2v) is 10.7. The third-order valence-electron chi connectivity index (χ3n) is 4.95. The Hall–Kier alpha value is -3.00. The number of hydrogen-bond donors (Lipinski definition) is 1. The van der Waals surface area contributed by atoms with E-state index in [4.69, 9.17) is 20.8 Å². The van der Waals surface area contributed by atoms with Crippen LogP contribution in [-0.2, 0) is 14.8 Å². The molecule has 1 aromatic carbocycles. The van der Waals surface area contributed by atoms with Crippen LogP contribution in [-0.4, -0.2) is 72.6 Å². The lowest BCUT2D eigenvalue weighted by Gasteiger charge is -2.33. The van der Waals surface area contributed by atoms with E-state index >= 15 is 0 Å². The Morgan fingerprint density at radius 1 is 1.12 bits per heavy atom. The molecule has 3 aromatic rings. The fourth-order valence-corrected chi connectivity index (χ4v) is 5.61. The molecule has 11 nitrogen and oxygen atoms in total. The fraction of sp³-hybridized carbons (Fsp3) is 0.300. The number of aromatic nitrogens is 2. The van der Waals surface area contributed by atoms with E-state index in [1.54, 1.807) is 19.1 Å². The molecule has 0 bridgehead atoms. The van der Waals surface area contributed by atoms with Crippen molar-refractivity contribution in [1.82, 2.24) is 19.4 Å². The van der Waals surface area contributed by atoms with Gasteiger partial charge in [-0.2, -0.15) is 4.31 Å². The van der Waals surface area contributed by atoms with E-state index in [0.29, 0.717) is 9.21 Å². The van der Waals surface area contributed by atoms with Crippen LogP contribution in [0, 0.1) is 0 Å². The Labute approximate surface area is 204 Å². The number of nitrogens with zero attached hydrogens (tertiary/aromatic N) is 4. The molecule has 1 N–H and O–H groups in total. The van der Waals surface area contributed by atoms with Gasteiger partial charge in [0, 0.05) is 31.7 Å². The van der Waals surface area contributed by atoms with Gasteiger partial charge in [-0.25, -0.2) is 13.2 Å². The normalized spacial score (nSPS) is 14.7. The minimum atomic E-state index is -3.78. The molecule has 4 rings (SSSR count). The molecule has 0 radical (unpaired) electrons. The average Bonchev–Trinajstić information content (AvgIpc) is 3.48. The number of thiophene rings is 1. The number of ether oxygens (including phenoxy) is 1. The van der Waals surface area contributed by atoms with E-state index in [2.05, 4.69) is 15.5 Å². The highest BCUT2D eigenvalue weighted by atomic mass is 35.5. The second kappa shape index (κ2) is 10.1. The summed E-state index contributed by atoms with van der Waals surface area (Å²) >= 11 is 7.16. The van der Waals surface area contributed by atoms with Crippen LogP contribution in [0.2, 0.25) is 4.34 Å². The van der Waals surface area contributed by atoms with Gasteiger partial charge in [0.2, 0.25) is 10.0 Å². The van der Waals surface area contributed by atoms with Gasteiger partial charge in [0.15, 0.2) is 0 Å². The molecule has 2 aromatic heterocycles. The number of amides is 2. The Bertz CT molecular complexity index is 1280. The number of anilines is 1. The maximum atomic E-state index is 12.9. The number of piperazine rings is 1. The highest BCUT2D eigenvalue weighted by molar-refractivity contribution is 7.89. The molecule has 0 atom stereocenters. The SMILES string of the molecule is CCOC(=O)N1CCN(S(=O)(=O)c2ccc(C(=O)Nc3nnc(-c4ccc(Cl)s4)o3)cc2)CC1. The molecule has 14 heteroatoms. The summed E-state index contributed by atoms with van der Waals surface area (Å²) < 4.78 is 38.1. The molecule has 180 valence electrons. The first-order valence-corrected chi connectivity index (χ1v) is 12.8. The fourth-order valence-electron chi connectivity index (χ4n) is 3.22. The van der Waals surface area contributed by atoms with Gasteiger partial charge in [-0.3, -0.25) is 10.1 Å².